The summed E-state index contributed by atoms with van der Waals surface area (Å²) in [6, 6.07) is 0. The normalized spacial score (nSPS) is 9.44. The van der Waals surface area contributed by atoms with Crippen molar-refractivity contribution in [2.45, 2.75) is 25.7 Å². The van der Waals surface area contributed by atoms with E-state index in [2.05, 4.69) is 9.24 Å². The quantitative estimate of drug-likeness (QED) is 0.474. The molecule has 0 aliphatic rings. The van der Waals surface area contributed by atoms with Gasteiger partial charge in [-0.25, -0.2) is 0 Å². The fourth-order valence-electron chi connectivity index (χ4n) is 0.597. The molecule has 0 heterocycles. The van der Waals surface area contributed by atoms with Crippen molar-refractivity contribution in [3.8, 4) is 0 Å². The van der Waals surface area contributed by atoms with Crippen LogP contribution in [-0.2, 0) is 4.79 Å². The molecule has 0 aliphatic carbocycles. The van der Waals surface area contributed by atoms with E-state index in [0.717, 1.165) is 25.4 Å². The number of unbranched alkanes of at least 4 members (excludes halogenated alkanes) is 2. The number of aliphatic carboxylic acids is 1. The molecule has 0 fully saturated rings. The molecule has 1 unspecified atom stereocenters. The Hall–Kier alpha value is -0.100. The van der Waals surface area contributed by atoms with Crippen LogP contribution in [0.3, 0.4) is 0 Å². The van der Waals surface area contributed by atoms with Crippen molar-refractivity contribution in [1.29, 1.82) is 0 Å². The molecule has 0 rings (SSSR count). The Bertz CT molecular complexity index is 83.1. The van der Waals surface area contributed by atoms with Crippen LogP contribution in [0.4, 0.5) is 0 Å². The molecule has 0 amide bonds. The van der Waals surface area contributed by atoms with E-state index in [0.29, 0.717) is 6.42 Å². The summed E-state index contributed by atoms with van der Waals surface area (Å²) in [5, 5.41) is 8.21. The Kier molecular flexibility index (Phi) is 5.96. The van der Waals surface area contributed by atoms with Gasteiger partial charge in [-0.2, -0.15) is 0 Å². The topological polar surface area (TPSA) is 37.3 Å². The van der Waals surface area contributed by atoms with Gasteiger partial charge < -0.3 is 5.11 Å². The van der Waals surface area contributed by atoms with Gasteiger partial charge in [0.2, 0.25) is 0 Å². The van der Waals surface area contributed by atoms with Crippen LogP contribution < -0.4 is 0 Å². The highest BCUT2D eigenvalue weighted by atomic mass is 31.0. The summed E-state index contributed by atoms with van der Waals surface area (Å²) in [7, 11) is 2.63. The lowest BCUT2D eigenvalue weighted by Crippen LogP contribution is -1.93. The molecule has 0 bridgehead atoms. The third-order valence-electron chi connectivity index (χ3n) is 1.09. The Morgan fingerprint density at radius 2 is 2.00 bits per heavy atom. The van der Waals surface area contributed by atoms with Crippen molar-refractivity contribution < 1.29 is 9.90 Å². The predicted molar refractivity (Wildman–Crippen MR) is 40.7 cm³/mol. The number of hydrogen-bond acceptors (Lipinski definition) is 1. The molecule has 1 atom stereocenters. The number of hydrogen-bond donors (Lipinski definition) is 1. The maximum absolute atomic E-state index is 9.96. The van der Waals surface area contributed by atoms with E-state index in [1.165, 1.54) is 0 Å². The van der Waals surface area contributed by atoms with Gasteiger partial charge in [0.15, 0.2) is 0 Å². The van der Waals surface area contributed by atoms with E-state index < -0.39 is 5.97 Å². The van der Waals surface area contributed by atoms with E-state index in [-0.39, 0.29) is 0 Å². The van der Waals surface area contributed by atoms with Crippen LogP contribution in [0.2, 0.25) is 0 Å². The Morgan fingerprint density at radius 3 is 2.44 bits per heavy atom. The Balaban J connectivity index is 2.83. The van der Waals surface area contributed by atoms with Gasteiger partial charge in [0, 0.05) is 6.42 Å². The van der Waals surface area contributed by atoms with E-state index >= 15 is 0 Å². The van der Waals surface area contributed by atoms with Crippen molar-refractivity contribution in [3.05, 3.63) is 0 Å². The second-order valence-corrected chi connectivity index (χ2v) is 2.57. The molecule has 0 aromatic rings. The van der Waals surface area contributed by atoms with Gasteiger partial charge in [0.25, 0.3) is 0 Å². The molecule has 2 nitrogen and oxygen atoms in total. The van der Waals surface area contributed by atoms with Crippen molar-refractivity contribution in [3.63, 3.8) is 0 Å². The molecule has 0 saturated heterocycles. The summed E-state index contributed by atoms with van der Waals surface area (Å²) >= 11 is 0. The Morgan fingerprint density at radius 1 is 1.33 bits per heavy atom. The van der Waals surface area contributed by atoms with Gasteiger partial charge in [-0.3, -0.25) is 4.79 Å². The zero-order valence-corrected chi connectivity index (χ0v) is 6.62. The van der Waals surface area contributed by atoms with E-state index in [9.17, 15) is 4.79 Å². The molecule has 0 radical (unpaired) electrons. The van der Waals surface area contributed by atoms with Crippen LogP contribution >= 0.6 is 9.24 Å². The average Bonchev–Trinajstić information content (AvgIpc) is 1.80. The highest BCUT2D eigenvalue weighted by Crippen LogP contribution is 2.01. The summed E-state index contributed by atoms with van der Waals surface area (Å²) in [5.74, 6) is -0.682. The fourth-order valence-corrected chi connectivity index (χ4v) is 0.886. The first-order valence-corrected chi connectivity index (χ1v) is 4.01. The number of carboxylic acids is 1. The Labute approximate surface area is 57.8 Å². The van der Waals surface area contributed by atoms with Crippen molar-refractivity contribution in [2.75, 3.05) is 6.16 Å². The van der Waals surface area contributed by atoms with Gasteiger partial charge in [-0.05, 0) is 19.0 Å². The SMILES string of the molecule is O=C(O)CCCCCP. The largest absolute Gasteiger partial charge is 0.481 e. The van der Waals surface area contributed by atoms with Gasteiger partial charge in [-0.1, -0.05) is 6.42 Å². The monoisotopic (exact) mass is 148 g/mol. The van der Waals surface area contributed by atoms with Crippen molar-refractivity contribution >= 4 is 15.2 Å². The third-order valence-corrected chi connectivity index (χ3v) is 1.50. The minimum absolute atomic E-state index is 0.324. The van der Waals surface area contributed by atoms with Crippen LogP contribution in [0.1, 0.15) is 25.7 Å². The number of carboxylic acid groups (broad SMARTS) is 1. The zero-order chi connectivity index (χ0) is 7.11. The molecule has 54 valence electrons. The summed E-state index contributed by atoms with van der Waals surface area (Å²) in [5.41, 5.74) is 0. The summed E-state index contributed by atoms with van der Waals surface area (Å²) in [6.07, 6.45) is 4.39. The van der Waals surface area contributed by atoms with Gasteiger partial charge >= 0.3 is 5.97 Å². The lowest BCUT2D eigenvalue weighted by molar-refractivity contribution is -0.137. The summed E-state index contributed by atoms with van der Waals surface area (Å²) in [6.45, 7) is 0. The van der Waals surface area contributed by atoms with E-state index in [1.807, 2.05) is 0 Å². The van der Waals surface area contributed by atoms with Crippen molar-refractivity contribution in [1.82, 2.24) is 0 Å². The summed E-state index contributed by atoms with van der Waals surface area (Å²) < 4.78 is 0. The molecule has 0 spiro atoms. The first-order chi connectivity index (χ1) is 4.27. The molecule has 0 aliphatic heterocycles. The summed E-state index contributed by atoms with van der Waals surface area (Å²) in [4.78, 5) is 9.96. The van der Waals surface area contributed by atoms with Crippen LogP contribution in [-0.4, -0.2) is 17.2 Å². The average molecular weight is 148 g/mol. The molecule has 1 N–H and O–H groups in total. The molecular weight excluding hydrogens is 135 g/mol. The van der Waals surface area contributed by atoms with Crippen LogP contribution in [0.15, 0.2) is 0 Å². The molecule has 3 heteroatoms. The smallest absolute Gasteiger partial charge is 0.303 e. The second-order valence-electron chi connectivity index (χ2n) is 1.99. The first-order valence-electron chi connectivity index (χ1n) is 3.19. The minimum Gasteiger partial charge on any atom is -0.481 e. The first kappa shape index (κ1) is 8.90. The zero-order valence-electron chi connectivity index (χ0n) is 5.47. The van der Waals surface area contributed by atoms with Crippen LogP contribution in [0.25, 0.3) is 0 Å². The van der Waals surface area contributed by atoms with Crippen molar-refractivity contribution in [2.24, 2.45) is 0 Å². The molecule has 0 aromatic carbocycles. The lowest BCUT2D eigenvalue weighted by atomic mass is 10.2. The fraction of sp³-hybridized carbons (Fsp3) is 0.833. The van der Waals surface area contributed by atoms with Crippen LogP contribution in [0, 0.1) is 0 Å². The maximum Gasteiger partial charge on any atom is 0.303 e. The van der Waals surface area contributed by atoms with Gasteiger partial charge in [0.1, 0.15) is 0 Å². The van der Waals surface area contributed by atoms with E-state index in [4.69, 9.17) is 5.11 Å². The third kappa shape index (κ3) is 7.90. The standard InChI is InChI=1S/C6H13O2P/c7-6(8)4-2-1-3-5-9/h1-5,9H2,(H,7,8). The molecule has 9 heavy (non-hydrogen) atoms. The molecule has 0 saturated carbocycles. The number of carbonyl (C=O) groups is 1. The molecular formula is C6H13O2P. The minimum atomic E-state index is -0.682. The highest BCUT2D eigenvalue weighted by molar-refractivity contribution is 7.16. The predicted octanol–water partition coefficient (Wildman–Crippen LogP) is 1.51. The number of rotatable bonds is 5. The van der Waals surface area contributed by atoms with Gasteiger partial charge in [0.05, 0.1) is 0 Å². The highest BCUT2D eigenvalue weighted by Gasteiger charge is 1.93. The second kappa shape index (κ2) is 6.03. The van der Waals surface area contributed by atoms with Gasteiger partial charge in [-0.15, -0.1) is 9.24 Å². The molecule has 0 aromatic heterocycles. The lowest BCUT2D eigenvalue weighted by Gasteiger charge is -1.92. The van der Waals surface area contributed by atoms with Crippen LogP contribution in [0.5, 0.6) is 0 Å². The van der Waals surface area contributed by atoms with E-state index in [1.54, 1.807) is 0 Å². The maximum atomic E-state index is 9.96.